The van der Waals surface area contributed by atoms with Crippen LogP contribution in [-0.4, -0.2) is 36.6 Å². The molecule has 4 rings (SSSR count). The zero-order valence-electron chi connectivity index (χ0n) is 16.4. The molecule has 0 unspecified atom stereocenters. The maximum atomic E-state index is 13.7. The summed E-state index contributed by atoms with van der Waals surface area (Å²) >= 11 is 0. The highest BCUT2D eigenvalue weighted by molar-refractivity contribution is 5.94. The van der Waals surface area contributed by atoms with Crippen LogP contribution in [0.4, 0.5) is 10.1 Å². The molecular weight excluding hydrogens is 357 g/mol. The Morgan fingerprint density at radius 1 is 1.36 bits per heavy atom. The van der Waals surface area contributed by atoms with Gasteiger partial charge in [-0.2, -0.15) is 0 Å². The van der Waals surface area contributed by atoms with Crippen LogP contribution in [0.2, 0.25) is 0 Å². The highest BCUT2D eigenvalue weighted by Crippen LogP contribution is 2.41. The van der Waals surface area contributed by atoms with Crippen LogP contribution < -0.4 is 15.0 Å². The van der Waals surface area contributed by atoms with E-state index in [9.17, 15) is 9.18 Å². The standard InChI is InChI=1S/C22H26FN3O2/c1-15-6-10-26(14-15)18-5-9-24-19(12-18)21(27)25-22(7-8-22)13-16-11-17(23)3-4-20(16)28-2/h3-5,9,11-12,15H,6-8,10,13-14H2,1-2H3,(H,25,27)/t15-/m1/s1. The SMILES string of the molecule is COc1ccc(F)cc1CC1(NC(=O)c2cc(N3CC[C@@H](C)C3)ccn2)CC1. The van der Waals surface area contributed by atoms with Gasteiger partial charge < -0.3 is 15.0 Å². The molecule has 0 spiro atoms. The molecule has 148 valence electrons. The van der Waals surface area contributed by atoms with Gasteiger partial charge in [-0.3, -0.25) is 9.78 Å². The molecule has 1 N–H and O–H groups in total. The lowest BCUT2D eigenvalue weighted by atomic mass is 10.0. The zero-order valence-corrected chi connectivity index (χ0v) is 16.4. The van der Waals surface area contributed by atoms with E-state index in [1.54, 1.807) is 19.4 Å². The molecule has 1 amide bonds. The van der Waals surface area contributed by atoms with Gasteiger partial charge in [0.15, 0.2) is 0 Å². The topological polar surface area (TPSA) is 54.5 Å². The van der Waals surface area contributed by atoms with E-state index in [4.69, 9.17) is 4.74 Å². The van der Waals surface area contributed by atoms with Crippen LogP contribution in [-0.2, 0) is 6.42 Å². The van der Waals surface area contributed by atoms with Crippen LogP contribution >= 0.6 is 0 Å². The van der Waals surface area contributed by atoms with Crippen molar-refractivity contribution in [3.63, 3.8) is 0 Å². The molecule has 2 heterocycles. The van der Waals surface area contributed by atoms with Gasteiger partial charge in [-0.1, -0.05) is 6.92 Å². The summed E-state index contributed by atoms with van der Waals surface area (Å²) in [5.41, 5.74) is 1.89. The van der Waals surface area contributed by atoms with Crippen molar-refractivity contribution in [1.29, 1.82) is 0 Å². The molecule has 1 aromatic heterocycles. The molecule has 6 heteroatoms. The van der Waals surface area contributed by atoms with Gasteiger partial charge in [0.2, 0.25) is 0 Å². The number of rotatable bonds is 6. The summed E-state index contributed by atoms with van der Waals surface area (Å²) in [4.78, 5) is 19.4. The second-order valence-electron chi connectivity index (χ2n) is 8.11. The van der Waals surface area contributed by atoms with Gasteiger partial charge in [0.25, 0.3) is 5.91 Å². The average Bonchev–Trinajstić information content (AvgIpc) is 3.29. The molecule has 1 atom stereocenters. The summed E-state index contributed by atoms with van der Waals surface area (Å²) < 4.78 is 19.0. The van der Waals surface area contributed by atoms with Gasteiger partial charge in [-0.05, 0) is 67.5 Å². The van der Waals surface area contributed by atoms with Crippen LogP contribution in [0.25, 0.3) is 0 Å². The number of halogens is 1. The van der Waals surface area contributed by atoms with Crippen molar-refractivity contribution in [2.75, 3.05) is 25.1 Å². The Hall–Kier alpha value is -2.63. The van der Waals surface area contributed by atoms with Crippen molar-refractivity contribution in [1.82, 2.24) is 10.3 Å². The van der Waals surface area contributed by atoms with E-state index in [-0.39, 0.29) is 17.3 Å². The fourth-order valence-electron chi connectivity index (χ4n) is 3.96. The Morgan fingerprint density at radius 3 is 2.86 bits per heavy atom. The highest BCUT2D eigenvalue weighted by atomic mass is 19.1. The molecular formula is C22H26FN3O2. The van der Waals surface area contributed by atoms with Gasteiger partial charge in [-0.25, -0.2) is 4.39 Å². The van der Waals surface area contributed by atoms with Crippen LogP contribution in [0.5, 0.6) is 5.75 Å². The van der Waals surface area contributed by atoms with E-state index in [1.807, 2.05) is 12.1 Å². The van der Waals surface area contributed by atoms with Crippen LogP contribution in [0.3, 0.4) is 0 Å². The van der Waals surface area contributed by atoms with E-state index in [0.717, 1.165) is 37.2 Å². The fourth-order valence-corrected chi connectivity index (χ4v) is 3.96. The van der Waals surface area contributed by atoms with Crippen LogP contribution in [0.1, 0.15) is 42.2 Å². The molecule has 2 aliphatic rings. The Labute approximate surface area is 164 Å². The molecule has 1 aliphatic carbocycles. The Morgan fingerprint density at radius 2 is 2.18 bits per heavy atom. The largest absolute Gasteiger partial charge is 0.496 e. The number of carbonyl (C=O) groups excluding carboxylic acids is 1. The minimum atomic E-state index is -0.349. The molecule has 1 aliphatic heterocycles. The van der Waals surface area contributed by atoms with Crippen molar-refractivity contribution in [2.24, 2.45) is 5.92 Å². The number of ether oxygens (including phenoxy) is 1. The van der Waals surface area contributed by atoms with Gasteiger partial charge >= 0.3 is 0 Å². The van der Waals surface area contributed by atoms with E-state index in [2.05, 4.69) is 22.1 Å². The second kappa shape index (κ2) is 7.41. The van der Waals surface area contributed by atoms with Crippen LogP contribution in [0.15, 0.2) is 36.5 Å². The number of nitrogens with zero attached hydrogens (tertiary/aromatic N) is 2. The van der Waals surface area contributed by atoms with E-state index in [1.165, 1.54) is 18.6 Å². The number of anilines is 1. The monoisotopic (exact) mass is 383 g/mol. The molecule has 1 saturated heterocycles. The summed E-state index contributed by atoms with van der Waals surface area (Å²) in [6.45, 7) is 4.26. The van der Waals surface area contributed by atoms with Crippen LogP contribution in [0, 0.1) is 11.7 Å². The molecule has 28 heavy (non-hydrogen) atoms. The number of carbonyl (C=O) groups is 1. The summed E-state index contributed by atoms with van der Waals surface area (Å²) in [7, 11) is 1.57. The molecule has 0 radical (unpaired) electrons. The van der Waals surface area contributed by atoms with Crippen molar-refractivity contribution >= 4 is 11.6 Å². The summed E-state index contributed by atoms with van der Waals surface area (Å²) in [6.07, 6.45) is 5.14. The third-order valence-corrected chi connectivity index (χ3v) is 5.77. The molecule has 2 aromatic rings. The smallest absolute Gasteiger partial charge is 0.270 e. The first kappa shape index (κ1) is 18.7. The third kappa shape index (κ3) is 3.96. The number of aromatic nitrogens is 1. The maximum Gasteiger partial charge on any atom is 0.270 e. The number of amides is 1. The lowest BCUT2D eigenvalue weighted by molar-refractivity contribution is 0.0926. The summed E-state index contributed by atoms with van der Waals surface area (Å²) in [6, 6.07) is 8.32. The van der Waals surface area contributed by atoms with Gasteiger partial charge in [-0.15, -0.1) is 0 Å². The third-order valence-electron chi connectivity index (χ3n) is 5.77. The number of pyridine rings is 1. The van der Waals surface area contributed by atoms with Crippen molar-refractivity contribution in [2.45, 2.75) is 38.1 Å². The minimum absolute atomic E-state index is 0.179. The number of methoxy groups -OCH3 is 1. The predicted molar refractivity (Wildman–Crippen MR) is 106 cm³/mol. The second-order valence-corrected chi connectivity index (χ2v) is 8.11. The highest BCUT2D eigenvalue weighted by Gasteiger charge is 2.45. The number of nitrogens with one attached hydrogen (secondary N) is 1. The lowest BCUT2D eigenvalue weighted by Gasteiger charge is -2.21. The first-order chi connectivity index (χ1) is 13.5. The zero-order chi connectivity index (χ0) is 19.7. The number of hydrogen-bond acceptors (Lipinski definition) is 4. The van der Waals surface area contributed by atoms with E-state index >= 15 is 0 Å². The summed E-state index contributed by atoms with van der Waals surface area (Å²) in [5, 5.41) is 3.13. The molecule has 2 fully saturated rings. The predicted octanol–water partition coefficient (Wildman–Crippen LogP) is 3.58. The Bertz CT molecular complexity index is 882. The van der Waals surface area contributed by atoms with Gasteiger partial charge in [0.1, 0.15) is 17.3 Å². The molecule has 5 nitrogen and oxygen atoms in total. The van der Waals surface area contributed by atoms with Crippen molar-refractivity contribution in [3.8, 4) is 5.75 Å². The molecule has 1 aromatic carbocycles. The average molecular weight is 383 g/mol. The quantitative estimate of drug-likeness (QED) is 0.828. The lowest BCUT2D eigenvalue weighted by Crippen LogP contribution is -2.39. The number of benzene rings is 1. The first-order valence-electron chi connectivity index (χ1n) is 9.84. The summed E-state index contributed by atoms with van der Waals surface area (Å²) in [5.74, 6) is 0.834. The fraction of sp³-hybridized carbons (Fsp3) is 0.455. The Balaban J connectivity index is 1.47. The van der Waals surface area contributed by atoms with Crippen molar-refractivity contribution in [3.05, 3.63) is 53.6 Å². The maximum absolute atomic E-state index is 13.7. The van der Waals surface area contributed by atoms with E-state index < -0.39 is 0 Å². The Kier molecular flexibility index (Phi) is 4.96. The molecule has 1 saturated carbocycles. The minimum Gasteiger partial charge on any atom is -0.496 e. The number of hydrogen-bond donors (Lipinski definition) is 1. The molecule has 0 bridgehead atoms. The van der Waals surface area contributed by atoms with Gasteiger partial charge in [0, 0.05) is 30.5 Å². The van der Waals surface area contributed by atoms with Gasteiger partial charge in [0.05, 0.1) is 7.11 Å². The van der Waals surface area contributed by atoms with E-state index in [0.29, 0.717) is 23.8 Å². The first-order valence-corrected chi connectivity index (χ1v) is 9.84. The normalized spacial score (nSPS) is 20.1. The van der Waals surface area contributed by atoms with Crippen molar-refractivity contribution < 1.29 is 13.9 Å².